The van der Waals surface area contributed by atoms with Gasteiger partial charge >= 0.3 is 0 Å². The monoisotopic (exact) mass is 422 g/mol. The summed E-state index contributed by atoms with van der Waals surface area (Å²) in [4.78, 5) is 24.8. The van der Waals surface area contributed by atoms with E-state index in [2.05, 4.69) is 10.6 Å². The van der Waals surface area contributed by atoms with Crippen LogP contribution in [0.25, 0.3) is 0 Å². The van der Waals surface area contributed by atoms with Crippen molar-refractivity contribution in [2.24, 2.45) is 0 Å². The number of hydrogen-bond donors (Lipinski definition) is 2. The zero-order chi connectivity index (χ0) is 21.7. The number of anilines is 2. The molecule has 0 aliphatic carbocycles. The van der Waals surface area contributed by atoms with Crippen LogP contribution in [-0.2, 0) is 4.79 Å². The zero-order valence-electron chi connectivity index (χ0n) is 17.0. The molecule has 3 aromatic carbocycles. The van der Waals surface area contributed by atoms with E-state index in [4.69, 9.17) is 16.3 Å². The molecule has 0 aliphatic heterocycles. The van der Waals surface area contributed by atoms with E-state index in [0.717, 1.165) is 16.8 Å². The maximum atomic E-state index is 12.5. The fourth-order valence-electron chi connectivity index (χ4n) is 2.87. The lowest BCUT2D eigenvalue weighted by molar-refractivity contribution is -0.122. The quantitative estimate of drug-likeness (QED) is 0.542. The molecule has 0 radical (unpaired) electrons. The van der Waals surface area contributed by atoms with Gasteiger partial charge in [-0.3, -0.25) is 9.59 Å². The summed E-state index contributed by atoms with van der Waals surface area (Å²) in [6.07, 6.45) is -0.712. The molecule has 3 aromatic rings. The van der Waals surface area contributed by atoms with Gasteiger partial charge in [0.05, 0.1) is 0 Å². The summed E-state index contributed by atoms with van der Waals surface area (Å²) in [5, 5.41) is 6.27. The number of carbonyl (C=O) groups is 2. The predicted molar refractivity (Wildman–Crippen MR) is 120 cm³/mol. The highest BCUT2D eigenvalue weighted by molar-refractivity contribution is 6.30. The Bertz CT molecular complexity index is 1050. The highest BCUT2D eigenvalue weighted by Crippen LogP contribution is 2.19. The molecule has 0 fully saturated rings. The number of ether oxygens (including phenoxy) is 1. The summed E-state index contributed by atoms with van der Waals surface area (Å²) in [7, 11) is 0. The van der Waals surface area contributed by atoms with Crippen molar-refractivity contribution in [2.45, 2.75) is 26.9 Å². The molecular weight excluding hydrogens is 400 g/mol. The van der Waals surface area contributed by atoms with Gasteiger partial charge in [-0.15, -0.1) is 0 Å². The summed E-state index contributed by atoms with van der Waals surface area (Å²) in [6.45, 7) is 5.62. The van der Waals surface area contributed by atoms with Crippen molar-refractivity contribution in [1.82, 2.24) is 0 Å². The Morgan fingerprint density at radius 3 is 2.20 bits per heavy atom. The van der Waals surface area contributed by atoms with E-state index in [9.17, 15) is 9.59 Å². The molecule has 0 saturated heterocycles. The fourth-order valence-corrected chi connectivity index (χ4v) is 2.99. The average Bonchev–Trinajstić information content (AvgIpc) is 2.72. The lowest BCUT2D eigenvalue weighted by Gasteiger charge is -2.15. The van der Waals surface area contributed by atoms with Gasteiger partial charge in [0, 0.05) is 22.0 Å². The second-order valence-electron chi connectivity index (χ2n) is 7.05. The zero-order valence-corrected chi connectivity index (χ0v) is 17.8. The van der Waals surface area contributed by atoms with Gasteiger partial charge in [0.15, 0.2) is 6.10 Å². The molecule has 0 bridgehead atoms. The Labute approximate surface area is 181 Å². The number of nitrogens with one attached hydrogen (secondary N) is 2. The summed E-state index contributed by atoms with van der Waals surface area (Å²) in [5.41, 5.74) is 4.06. The van der Waals surface area contributed by atoms with Crippen molar-refractivity contribution < 1.29 is 14.3 Å². The summed E-state index contributed by atoms with van der Waals surface area (Å²) >= 11 is 5.85. The minimum Gasteiger partial charge on any atom is -0.481 e. The number of hydrogen-bond acceptors (Lipinski definition) is 3. The minimum absolute atomic E-state index is 0.206. The van der Waals surface area contributed by atoms with Gasteiger partial charge in [0.2, 0.25) is 0 Å². The number of aryl methyl sites for hydroxylation is 2. The number of carbonyl (C=O) groups excluding carboxylic acids is 2. The van der Waals surface area contributed by atoms with Crippen molar-refractivity contribution in [2.75, 3.05) is 10.6 Å². The maximum absolute atomic E-state index is 12.5. The van der Waals surface area contributed by atoms with Crippen LogP contribution in [-0.4, -0.2) is 17.9 Å². The molecule has 2 amide bonds. The van der Waals surface area contributed by atoms with Crippen LogP contribution < -0.4 is 15.4 Å². The molecule has 6 heteroatoms. The van der Waals surface area contributed by atoms with Crippen LogP contribution in [0.4, 0.5) is 11.4 Å². The van der Waals surface area contributed by atoms with Gasteiger partial charge < -0.3 is 15.4 Å². The lowest BCUT2D eigenvalue weighted by Crippen LogP contribution is -2.30. The Kier molecular flexibility index (Phi) is 6.75. The Morgan fingerprint density at radius 2 is 1.57 bits per heavy atom. The van der Waals surface area contributed by atoms with Crippen molar-refractivity contribution in [3.63, 3.8) is 0 Å². The van der Waals surface area contributed by atoms with Crippen LogP contribution in [0, 0.1) is 13.8 Å². The number of halogens is 1. The lowest BCUT2D eigenvalue weighted by atomic mass is 10.1. The predicted octanol–water partition coefficient (Wildman–Crippen LogP) is 5.62. The second kappa shape index (κ2) is 9.46. The van der Waals surface area contributed by atoms with E-state index in [0.29, 0.717) is 22.0 Å². The Hall–Kier alpha value is -3.31. The second-order valence-corrected chi connectivity index (χ2v) is 7.49. The molecular formula is C24H23ClN2O3. The maximum Gasteiger partial charge on any atom is 0.265 e. The molecule has 30 heavy (non-hydrogen) atoms. The summed E-state index contributed by atoms with van der Waals surface area (Å²) < 4.78 is 5.69. The van der Waals surface area contributed by atoms with Crippen LogP contribution in [0.5, 0.6) is 5.75 Å². The molecule has 1 atom stereocenters. The average molecular weight is 423 g/mol. The van der Waals surface area contributed by atoms with Gasteiger partial charge in [-0.2, -0.15) is 0 Å². The van der Waals surface area contributed by atoms with E-state index in [-0.39, 0.29) is 11.8 Å². The molecule has 0 aliphatic rings. The fraction of sp³-hybridized carbons (Fsp3) is 0.167. The molecule has 0 saturated carbocycles. The summed E-state index contributed by atoms with van der Waals surface area (Å²) in [5.74, 6) is 0.00726. The first kappa shape index (κ1) is 21.4. The van der Waals surface area contributed by atoms with Crippen LogP contribution >= 0.6 is 11.6 Å². The number of rotatable bonds is 6. The van der Waals surface area contributed by atoms with Crippen LogP contribution in [0.15, 0.2) is 66.7 Å². The van der Waals surface area contributed by atoms with Crippen molar-refractivity contribution in [3.05, 3.63) is 88.4 Å². The van der Waals surface area contributed by atoms with Gasteiger partial charge in [0.25, 0.3) is 11.8 Å². The van der Waals surface area contributed by atoms with Gasteiger partial charge in [0.1, 0.15) is 5.75 Å². The van der Waals surface area contributed by atoms with Crippen molar-refractivity contribution >= 4 is 34.8 Å². The Morgan fingerprint density at radius 1 is 0.900 bits per heavy atom. The first-order valence-corrected chi connectivity index (χ1v) is 9.91. The minimum atomic E-state index is -0.712. The van der Waals surface area contributed by atoms with Gasteiger partial charge in [-0.25, -0.2) is 0 Å². The van der Waals surface area contributed by atoms with E-state index in [1.165, 1.54) is 0 Å². The Balaban J connectivity index is 1.58. The highest BCUT2D eigenvalue weighted by atomic mass is 35.5. The van der Waals surface area contributed by atoms with Crippen LogP contribution in [0.2, 0.25) is 5.02 Å². The third-order valence-corrected chi connectivity index (χ3v) is 4.79. The van der Waals surface area contributed by atoms with E-state index < -0.39 is 6.10 Å². The third-order valence-electron chi connectivity index (χ3n) is 4.54. The molecule has 0 aromatic heterocycles. The summed E-state index contributed by atoms with van der Waals surface area (Å²) in [6, 6.07) is 19.4. The van der Waals surface area contributed by atoms with Gasteiger partial charge in [-0.1, -0.05) is 29.3 Å². The van der Waals surface area contributed by atoms with E-state index >= 15 is 0 Å². The SMILES string of the molecule is Cc1ccc(NC(=O)c2ccc(O[C@@H](C)C(=O)Nc3ccc(Cl)cc3)cc2)c(C)c1. The molecule has 2 N–H and O–H groups in total. The molecule has 154 valence electrons. The van der Waals surface area contributed by atoms with E-state index in [1.807, 2.05) is 32.0 Å². The standard InChI is InChI=1S/C24H23ClN2O3/c1-15-4-13-22(16(2)14-15)27-24(29)18-5-11-21(12-6-18)30-17(3)23(28)26-20-9-7-19(25)8-10-20/h4-14,17H,1-3H3,(H,26,28)(H,27,29)/t17-/m0/s1. The molecule has 0 heterocycles. The molecule has 5 nitrogen and oxygen atoms in total. The number of benzene rings is 3. The van der Waals surface area contributed by atoms with Crippen molar-refractivity contribution in [1.29, 1.82) is 0 Å². The largest absolute Gasteiger partial charge is 0.481 e. The normalized spacial score (nSPS) is 11.5. The molecule has 0 spiro atoms. The van der Waals surface area contributed by atoms with Gasteiger partial charge in [-0.05, 0) is 80.9 Å². The number of amides is 2. The molecule has 3 rings (SSSR count). The van der Waals surface area contributed by atoms with Crippen LogP contribution in [0.3, 0.4) is 0 Å². The first-order chi connectivity index (χ1) is 14.3. The van der Waals surface area contributed by atoms with Crippen molar-refractivity contribution in [3.8, 4) is 5.75 Å². The third kappa shape index (κ3) is 5.61. The smallest absolute Gasteiger partial charge is 0.265 e. The molecule has 0 unspecified atom stereocenters. The topological polar surface area (TPSA) is 67.4 Å². The highest BCUT2D eigenvalue weighted by Gasteiger charge is 2.15. The first-order valence-electron chi connectivity index (χ1n) is 9.53. The van der Waals surface area contributed by atoms with Crippen LogP contribution in [0.1, 0.15) is 28.4 Å². The van der Waals surface area contributed by atoms with E-state index in [1.54, 1.807) is 55.5 Å².